The van der Waals surface area contributed by atoms with Crippen LogP contribution in [0, 0.1) is 20.8 Å². The first kappa shape index (κ1) is 39.3. The Bertz CT molecular complexity index is 2630. The Morgan fingerprint density at radius 2 is 0.839 bits per heavy atom. The molecular formula is C47H43N4O3PZn. The van der Waals surface area contributed by atoms with E-state index in [4.69, 9.17) is 19.9 Å². The van der Waals surface area contributed by atoms with Crippen molar-refractivity contribution in [1.82, 2.24) is 19.9 Å². The molecule has 0 fully saturated rings. The summed E-state index contributed by atoms with van der Waals surface area (Å²) in [7, 11) is -4.00. The number of aryl methyl sites for hydroxylation is 4. The van der Waals surface area contributed by atoms with Gasteiger partial charge in [0.05, 0.1) is 22.8 Å². The van der Waals surface area contributed by atoms with Crippen LogP contribution in [0.3, 0.4) is 0 Å². The van der Waals surface area contributed by atoms with Crippen molar-refractivity contribution in [3.63, 3.8) is 0 Å². The quantitative estimate of drug-likeness (QED) is 0.0804. The van der Waals surface area contributed by atoms with E-state index in [0.29, 0.717) is 6.42 Å². The molecule has 2 N–H and O–H groups in total. The Morgan fingerprint density at radius 3 is 1.27 bits per heavy atom. The van der Waals surface area contributed by atoms with E-state index >= 15 is 0 Å². The van der Waals surface area contributed by atoms with Gasteiger partial charge in [-0.3, -0.25) is 4.57 Å². The van der Waals surface area contributed by atoms with Gasteiger partial charge < -0.3 is 19.8 Å². The summed E-state index contributed by atoms with van der Waals surface area (Å²) in [5, 5.41) is 0. The van der Waals surface area contributed by atoms with Crippen LogP contribution in [0.5, 0.6) is 0 Å². The topological polar surface area (TPSA) is 112 Å². The van der Waals surface area contributed by atoms with Crippen LogP contribution < -0.4 is 9.97 Å². The van der Waals surface area contributed by atoms with Crippen LogP contribution in [0.1, 0.15) is 70.7 Å². The summed E-state index contributed by atoms with van der Waals surface area (Å²) in [6.45, 7) is 6.27. The van der Waals surface area contributed by atoms with Gasteiger partial charge in [0.1, 0.15) is 0 Å². The van der Waals surface area contributed by atoms with Crippen molar-refractivity contribution in [2.24, 2.45) is 0 Å². The van der Waals surface area contributed by atoms with Crippen LogP contribution in [0.15, 0.2) is 97.1 Å². The maximum absolute atomic E-state index is 11.4. The van der Waals surface area contributed by atoms with Crippen LogP contribution in [0.2, 0.25) is 0 Å². The second-order valence-corrected chi connectivity index (χ2v) is 16.4. The molecule has 7 nitrogen and oxygen atoms in total. The van der Waals surface area contributed by atoms with Gasteiger partial charge in [0.2, 0.25) is 0 Å². The molecule has 0 aliphatic carbocycles. The Kier molecular flexibility index (Phi) is 11.7. The molecule has 0 saturated heterocycles. The minimum atomic E-state index is -4.00. The molecule has 0 unspecified atom stereocenters. The van der Waals surface area contributed by atoms with Crippen LogP contribution in [0.25, 0.3) is 79.8 Å². The van der Waals surface area contributed by atoms with Crippen LogP contribution in [-0.4, -0.2) is 25.9 Å². The molecule has 6 aromatic rings. The monoisotopic (exact) mass is 806 g/mol. The largest absolute Gasteiger partial charge is 2.00 e. The first-order valence-corrected chi connectivity index (χ1v) is 20.7. The molecule has 3 aromatic carbocycles. The summed E-state index contributed by atoms with van der Waals surface area (Å²) in [4.78, 5) is 40.0. The zero-order chi connectivity index (χ0) is 38.1. The SMILES string of the molecule is Cc1ccc(-c2c3nc(c(-c4ccc(C)cc4)c4ccc([n-]4)c(-c4ccc(C)cc4)c4nc(c(CCCCCCP(=O)(O)O)c5ccc2[n-]5)C=C4)C=C3)cc1.[Zn+2]. The van der Waals surface area contributed by atoms with E-state index in [9.17, 15) is 14.4 Å². The van der Waals surface area contributed by atoms with Crippen molar-refractivity contribution in [2.75, 3.05) is 6.16 Å². The molecular weight excluding hydrogens is 765 g/mol. The Labute approximate surface area is 340 Å². The van der Waals surface area contributed by atoms with Crippen LogP contribution >= 0.6 is 7.60 Å². The van der Waals surface area contributed by atoms with Crippen LogP contribution in [-0.2, 0) is 30.5 Å². The van der Waals surface area contributed by atoms with Crippen molar-refractivity contribution in [1.29, 1.82) is 0 Å². The number of nitrogens with zero attached hydrogens (tertiary/aromatic N) is 4. The van der Waals surface area contributed by atoms with E-state index in [-0.39, 0.29) is 25.6 Å². The van der Waals surface area contributed by atoms with Gasteiger partial charge in [-0.15, -0.1) is 22.1 Å². The van der Waals surface area contributed by atoms with Crippen molar-refractivity contribution in [3.05, 3.63) is 142 Å². The first-order valence-electron chi connectivity index (χ1n) is 18.9. The average molecular weight is 808 g/mol. The van der Waals surface area contributed by atoms with Gasteiger partial charge in [-0.25, -0.2) is 9.97 Å². The second kappa shape index (κ2) is 16.6. The fourth-order valence-electron chi connectivity index (χ4n) is 7.42. The predicted octanol–water partition coefficient (Wildman–Crippen LogP) is 11.1. The molecule has 276 valence electrons. The van der Waals surface area contributed by atoms with Crippen molar-refractivity contribution >= 4 is 54.0 Å². The van der Waals surface area contributed by atoms with Gasteiger partial charge in [-0.2, -0.15) is 0 Å². The summed E-state index contributed by atoms with van der Waals surface area (Å²) in [6, 6.07) is 33.9. The van der Waals surface area contributed by atoms with E-state index < -0.39 is 7.60 Å². The Morgan fingerprint density at radius 1 is 0.482 bits per heavy atom. The Hall–Kier alpha value is -4.97. The third kappa shape index (κ3) is 8.55. The summed E-state index contributed by atoms with van der Waals surface area (Å²) >= 11 is 0. The summed E-state index contributed by atoms with van der Waals surface area (Å²) < 4.78 is 11.4. The number of aromatic nitrogens is 4. The van der Waals surface area contributed by atoms with E-state index in [2.05, 4.69) is 142 Å². The molecule has 0 atom stereocenters. The molecule has 8 bridgehead atoms. The van der Waals surface area contributed by atoms with E-state index in [1.54, 1.807) is 0 Å². The van der Waals surface area contributed by atoms with E-state index in [1.807, 2.05) is 0 Å². The number of rotatable bonds is 10. The van der Waals surface area contributed by atoms with Gasteiger partial charge in [-0.05, 0) is 103 Å². The minimum Gasteiger partial charge on any atom is -0.657 e. The molecule has 2 aliphatic rings. The van der Waals surface area contributed by atoms with Gasteiger partial charge in [0, 0.05) is 6.16 Å². The van der Waals surface area contributed by atoms with Gasteiger partial charge in [-0.1, -0.05) is 127 Å². The molecule has 3 aromatic heterocycles. The fourth-order valence-corrected chi connectivity index (χ4v) is 8.06. The third-order valence-corrected chi connectivity index (χ3v) is 11.3. The number of hydrogen-bond donors (Lipinski definition) is 2. The predicted molar refractivity (Wildman–Crippen MR) is 226 cm³/mol. The second-order valence-electron chi connectivity index (χ2n) is 14.6. The minimum absolute atomic E-state index is 0. The standard InChI is InChI=1S/C47H43N4O3P.Zn/c1-30-9-15-33(16-10-30)45-39-23-21-37(48-39)36(8-6-4-5-7-29-55(52,53)54)38-22-24-40(49-38)46(34-17-11-31(2)12-18-34)42-26-28-44(51-42)47(43-27-25-41(45)50-43)35-19-13-32(3)14-20-35;/h9-28H,4-8,29H2,1-3H3,(H2,52,53,54);/q-2;+2. The Balaban J connectivity index is 0.00000480. The maximum atomic E-state index is 11.4. The molecule has 56 heavy (non-hydrogen) atoms. The smallest absolute Gasteiger partial charge is 0.657 e. The molecule has 9 heteroatoms. The third-order valence-electron chi connectivity index (χ3n) is 10.4. The van der Waals surface area contributed by atoms with E-state index in [0.717, 1.165) is 109 Å². The zero-order valence-corrected chi connectivity index (χ0v) is 35.9. The summed E-state index contributed by atoms with van der Waals surface area (Å²) in [6.07, 6.45) is 11.9. The average Bonchev–Trinajstić information content (AvgIpc) is 4.00. The molecule has 2 aliphatic heterocycles. The van der Waals surface area contributed by atoms with Gasteiger partial charge >= 0.3 is 27.1 Å². The van der Waals surface area contributed by atoms with Crippen molar-refractivity contribution in [2.45, 2.75) is 52.9 Å². The summed E-state index contributed by atoms with van der Waals surface area (Å²) in [5.74, 6) is 0. The molecule has 0 amide bonds. The summed E-state index contributed by atoms with van der Waals surface area (Å²) in [5.41, 5.74) is 17.2. The molecule has 8 rings (SSSR count). The molecule has 0 saturated carbocycles. The van der Waals surface area contributed by atoms with Crippen molar-refractivity contribution < 1.29 is 33.8 Å². The molecule has 5 heterocycles. The molecule has 0 radical (unpaired) electrons. The van der Waals surface area contributed by atoms with E-state index in [1.165, 1.54) is 16.7 Å². The van der Waals surface area contributed by atoms with Crippen LogP contribution in [0.4, 0.5) is 0 Å². The maximum Gasteiger partial charge on any atom is 2.00 e. The van der Waals surface area contributed by atoms with Crippen molar-refractivity contribution in [3.8, 4) is 33.4 Å². The zero-order valence-electron chi connectivity index (χ0n) is 32.0. The van der Waals surface area contributed by atoms with Gasteiger partial charge in [0.15, 0.2) is 0 Å². The first-order chi connectivity index (χ1) is 26.6. The number of unbranched alkanes of at least 4 members (excludes halogenated alkanes) is 3. The fraction of sp³-hybridized carbons (Fsp3) is 0.191. The normalized spacial score (nSPS) is 12.2. The van der Waals surface area contributed by atoms with Gasteiger partial charge in [0.25, 0.3) is 0 Å². The number of fused-ring (bicyclic) bond motifs is 8. The number of hydrogen-bond acceptors (Lipinski definition) is 3. The number of benzene rings is 3. The molecule has 0 spiro atoms.